The van der Waals surface area contributed by atoms with Crippen molar-refractivity contribution in [2.75, 3.05) is 11.9 Å². The number of rotatable bonds is 6. The van der Waals surface area contributed by atoms with Crippen LogP contribution >= 0.6 is 36.4 Å². The van der Waals surface area contributed by atoms with Gasteiger partial charge >= 0.3 is 0 Å². The van der Waals surface area contributed by atoms with Gasteiger partial charge < -0.3 is 15.7 Å². The molecule has 2 aromatic heterocycles. The number of aromatic nitrogens is 4. The number of phenols is 1. The van der Waals surface area contributed by atoms with E-state index in [0.717, 1.165) is 57.2 Å². The molecule has 1 aromatic carbocycles. The molecule has 5 rings (SSSR count). The highest BCUT2D eigenvalue weighted by Gasteiger charge is 2.33. The number of carbonyl (C=O) groups is 1. The molecule has 1 atom stereocenters. The molecular weight excluding hydrogens is 542 g/mol. The number of nitrogens with zero attached hydrogens (tertiary/aromatic N) is 3. The van der Waals surface area contributed by atoms with Crippen LogP contribution in [0.4, 0.5) is 10.2 Å². The molecule has 202 valence electrons. The highest BCUT2D eigenvalue weighted by molar-refractivity contribution is 6.31. The molecule has 2 fully saturated rings. The lowest BCUT2D eigenvalue weighted by atomic mass is 9.77. The number of benzene rings is 1. The lowest BCUT2D eigenvalue weighted by Crippen LogP contribution is -2.44. The number of H-pyrrole nitrogens is 1. The van der Waals surface area contributed by atoms with Gasteiger partial charge in [-0.05, 0) is 64.1 Å². The lowest BCUT2D eigenvalue weighted by Gasteiger charge is -2.31. The summed E-state index contributed by atoms with van der Waals surface area (Å²) in [6.45, 7) is 2.86. The third kappa shape index (κ3) is 6.11. The molecule has 4 N–H and O–H groups in total. The van der Waals surface area contributed by atoms with Crippen molar-refractivity contribution in [3.05, 3.63) is 40.1 Å². The lowest BCUT2D eigenvalue weighted by molar-refractivity contribution is -0.126. The monoisotopic (exact) mass is 572 g/mol. The fourth-order valence-electron chi connectivity index (χ4n) is 5.27. The number of carbonyl (C=O) groups excluding carboxylic acids is 1. The third-order valence-electron chi connectivity index (χ3n) is 7.34. The number of ketones is 1. The molecule has 3 aromatic rings. The Hall–Kier alpha value is -2.20. The van der Waals surface area contributed by atoms with E-state index in [4.69, 9.17) is 21.6 Å². The van der Waals surface area contributed by atoms with Crippen LogP contribution in [0.5, 0.6) is 5.75 Å². The van der Waals surface area contributed by atoms with Gasteiger partial charge in [0.25, 0.3) is 0 Å². The number of hydrogen-bond donors (Lipinski definition) is 4. The summed E-state index contributed by atoms with van der Waals surface area (Å²) >= 11 is 6.16. The molecule has 0 radical (unpaired) electrons. The second-order valence-corrected chi connectivity index (χ2v) is 10.0. The predicted octanol–water partition coefficient (Wildman–Crippen LogP) is 5.60. The molecule has 1 aliphatic heterocycles. The Labute approximate surface area is 232 Å². The van der Waals surface area contributed by atoms with E-state index in [2.05, 4.69) is 20.8 Å². The zero-order valence-corrected chi connectivity index (χ0v) is 22.9. The van der Waals surface area contributed by atoms with Crippen LogP contribution in [-0.4, -0.2) is 43.6 Å². The highest BCUT2D eigenvalue weighted by Crippen LogP contribution is 2.37. The fraction of sp³-hybridized carbons (Fsp3) is 0.520. The summed E-state index contributed by atoms with van der Waals surface area (Å²) in [5, 5.41) is 23.7. The van der Waals surface area contributed by atoms with Crippen LogP contribution in [0.25, 0.3) is 11.0 Å². The van der Waals surface area contributed by atoms with E-state index >= 15 is 0 Å². The Morgan fingerprint density at radius 1 is 1.14 bits per heavy atom. The number of Topliss-reactive ketones (excluding diaryl/α,β-unsaturated/α-hetero) is 1. The van der Waals surface area contributed by atoms with Crippen molar-refractivity contribution in [1.82, 2.24) is 25.5 Å². The average molecular weight is 574 g/mol. The Bertz CT molecular complexity index is 1240. The largest absolute Gasteiger partial charge is 0.505 e. The molecule has 12 heteroatoms. The maximum Gasteiger partial charge on any atom is 0.171 e. The van der Waals surface area contributed by atoms with Gasteiger partial charge in [-0.3, -0.25) is 9.89 Å². The molecule has 1 aliphatic carbocycles. The van der Waals surface area contributed by atoms with Crippen molar-refractivity contribution in [1.29, 1.82) is 0 Å². The van der Waals surface area contributed by atoms with E-state index < -0.39 is 11.6 Å². The summed E-state index contributed by atoms with van der Waals surface area (Å²) in [4.78, 5) is 22.5. The first-order valence-corrected chi connectivity index (χ1v) is 12.7. The van der Waals surface area contributed by atoms with Gasteiger partial charge in [0.2, 0.25) is 0 Å². The van der Waals surface area contributed by atoms with Crippen LogP contribution < -0.4 is 10.6 Å². The first-order valence-electron chi connectivity index (χ1n) is 12.3. The minimum atomic E-state index is -0.760. The quantitative estimate of drug-likeness (QED) is 0.303. The van der Waals surface area contributed by atoms with Crippen LogP contribution in [0.2, 0.25) is 5.02 Å². The van der Waals surface area contributed by atoms with Gasteiger partial charge in [0.15, 0.2) is 28.7 Å². The topological polar surface area (TPSA) is 116 Å². The first-order chi connectivity index (χ1) is 16.9. The number of halogens is 4. The molecule has 0 amide bonds. The Morgan fingerprint density at radius 3 is 2.59 bits per heavy atom. The smallest absolute Gasteiger partial charge is 0.171 e. The molecule has 0 bridgehead atoms. The molecule has 0 spiro atoms. The van der Waals surface area contributed by atoms with Gasteiger partial charge in [-0.15, -0.1) is 24.8 Å². The average Bonchev–Trinajstić information content (AvgIpc) is 3.27. The minimum absolute atomic E-state index is 0. The maximum absolute atomic E-state index is 14.4. The summed E-state index contributed by atoms with van der Waals surface area (Å²) in [6, 6.07) is 2.69. The molecular formula is C25H32Cl3FN6O2. The Morgan fingerprint density at radius 2 is 1.89 bits per heavy atom. The number of piperidine rings is 1. The van der Waals surface area contributed by atoms with Gasteiger partial charge in [-0.1, -0.05) is 18.0 Å². The van der Waals surface area contributed by atoms with Gasteiger partial charge in [0, 0.05) is 29.0 Å². The Balaban J connectivity index is 0.00000190. The molecule has 1 saturated heterocycles. The Kier molecular flexibility index (Phi) is 9.97. The van der Waals surface area contributed by atoms with Crippen LogP contribution in [0.3, 0.4) is 0 Å². The molecule has 37 heavy (non-hydrogen) atoms. The number of nitrogens with one attached hydrogen (secondary N) is 3. The summed E-state index contributed by atoms with van der Waals surface area (Å²) in [5.41, 5.74) is 2.25. The number of fused-ring (bicyclic) bond motifs is 1. The van der Waals surface area contributed by atoms with Crippen LogP contribution in [0.15, 0.2) is 12.1 Å². The number of aromatic amines is 1. The molecule has 8 nitrogen and oxygen atoms in total. The minimum Gasteiger partial charge on any atom is -0.505 e. The highest BCUT2D eigenvalue weighted by atomic mass is 35.5. The summed E-state index contributed by atoms with van der Waals surface area (Å²) in [6.07, 6.45) is 6.56. The number of anilines is 1. The second kappa shape index (κ2) is 12.6. The van der Waals surface area contributed by atoms with Crippen molar-refractivity contribution in [2.45, 2.75) is 70.4 Å². The summed E-state index contributed by atoms with van der Waals surface area (Å²) in [7, 11) is 0. The molecule has 2 aliphatic rings. The zero-order chi connectivity index (χ0) is 24.5. The first kappa shape index (κ1) is 29.4. The van der Waals surface area contributed by atoms with E-state index in [9.17, 15) is 14.3 Å². The zero-order valence-electron chi connectivity index (χ0n) is 20.5. The summed E-state index contributed by atoms with van der Waals surface area (Å²) < 4.78 is 14.4. The van der Waals surface area contributed by atoms with Crippen molar-refractivity contribution < 1.29 is 14.3 Å². The van der Waals surface area contributed by atoms with Gasteiger partial charge in [-0.25, -0.2) is 14.4 Å². The van der Waals surface area contributed by atoms with Crippen molar-refractivity contribution in [3.63, 3.8) is 0 Å². The molecule has 1 unspecified atom stereocenters. The number of aryl methyl sites for hydroxylation is 1. The normalized spacial score (nSPS) is 21.6. The van der Waals surface area contributed by atoms with E-state index in [1.54, 1.807) is 0 Å². The number of aromatic hydroxyl groups is 1. The van der Waals surface area contributed by atoms with Gasteiger partial charge in [0.05, 0.1) is 11.7 Å². The van der Waals surface area contributed by atoms with Crippen molar-refractivity contribution in [3.8, 4) is 5.75 Å². The summed E-state index contributed by atoms with van der Waals surface area (Å²) in [5.74, 6) is 0.562. The fourth-order valence-corrected chi connectivity index (χ4v) is 5.49. The van der Waals surface area contributed by atoms with Crippen LogP contribution in [0, 0.1) is 18.7 Å². The maximum atomic E-state index is 14.4. The molecule has 1 saturated carbocycles. The SMILES string of the molecule is Cc1[nH]nc2c(NCc3c(Cl)ccc(O)c3F)nc(C3CCC(C(=O)C4CCCCN4)CC3)nc12.Cl.Cl. The second-order valence-electron chi connectivity index (χ2n) is 9.64. The standard InChI is InChI=1S/C25H30ClFN6O2.2ClH/c1-13-21-22(33-32-13)25(29-12-16-17(26)9-10-19(34)20(16)27)31-24(30-21)15-7-5-14(6-8-15)23(35)18-4-2-3-11-28-18;;/h9-10,14-15,18,28,34H,2-8,11-12H2,1H3,(H,32,33)(H,29,30,31);2*1H. The van der Waals surface area contributed by atoms with Crippen LogP contribution in [-0.2, 0) is 11.3 Å². The number of phenolic OH excluding ortho intramolecular Hbond substituents is 1. The molecule has 3 heterocycles. The van der Waals surface area contributed by atoms with E-state index in [1.165, 1.54) is 12.1 Å². The number of hydrogen-bond acceptors (Lipinski definition) is 7. The van der Waals surface area contributed by atoms with E-state index in [0.29, 0.717) is 28.5 Å². The predicted molar refractivity (Wildman–Crippen MR) is 147 cm³/mol. The van der Waals surface area contributed by atoms with E-state index in [1.807, 2.05) is 6.92 Å². The van der Waals surface area contributed by atoms with Gasteiger partial charge in [-0.2, -0.15) is 5.10 Å². The third-order valence-corrected chi connectivity index (χ3v) is 7.69. The van der Waals surface area contributed by atoms with Gasteiger partial charge in [0.1, 0.15) is 11.3 Å². The van der Waals surface area contributed by atoms with Crippen molar-refractivity contribution >= 4 is 59.0 Å². The van der Waals surface area contributed by atoms with Crippen molar-refractivity contribution in [2.24, 2.45) is 5.92 Å². The van der Waals surface area contributed by atoms with Crippen LogP contribution in [0.1, 0.15) is 67.9 Å². The van der Waals surface area contributed by atoms with E-state index in [-0.39, 0.29) is 59.8 Å².